The molecule has 2 bridgehead atoms. The standard InChI is InChI=1S/C12H23N/c1-2-13-9-12-7-10-4-3-5-11(6-10)8-12/h10-13H,2-9H2,1H3/t10-,11+,12?. The van der Waals surface area contributed by atoms with Crippen LogP contribution in [-0.4, -0.2) is 13.1 Å². The molecule has 0 aromatic rings. The summed E-state index contributed by atoms with van der Waals surface area (Å²) in [4.78, 5) is 0. The van der Waals surface area contributed by atoms with E-state index in [4.69, 9.17) is 0 Å². The van der Waals surface area contributed by atoms with E-state index >= 15 is 0 Å². The summed E-state index contributed by atoms with van der Waals surface area (Å²) in [5.74, 6) is 3.19. The van der Waals surface area contributed by atoms with Crippen molar-refractivity contribution in [2.45, 2.75) is 45.4 Å². The van der Waals surface area contributed by atoms with E-state index in [1.54, 1.807) is 6.42 Å². The van der Waals surface area contributed by atoms with Crippen molar-refractivity contribution in [1.29, 1.82) is 0 Å². The lowest BCUT2D eigenvalue weighted by Crippen LogP contribution is -2.32. The van der Waals surface area contributed by atoms with Crippen LogP contribution < -0.4 is 5.32 Å². The highest BCUT2D eigenvalue weighted by atomic mass is 14.8. The smallest absolute Gasteiger partial charge is 0.00204 e. The molecule has 0 aromatic carbocycles. The SMILES string of the molecule is CCNCC1C[C@H]2CCC[C@@H](C1)C2. The zero-order valence-corrected chi connectivity index (χ0v) is 8.89. The van der Waals surface area contributed by atoms with Crippen LogP contribution in [0.5, 0.6) is 0 Å². The van der Waals surface area contributed by atoms with Crippen molar-refractivity contribution in [3.63, 3.8) is 0 Å². The van der Waals surface area contributed by atoms with Gasteiger partial charge in [0.1, 0.15) is 0 Å². The second kappa shape index (κ2) is 4.45. The summed E-state index contributed by atoms with van der Waals surface area (Å²) in [5.41, 5.74) is 0. The van der Waals surface area contributed by atoms with Gasteiger partial charge in [-0.1, -0.05) is 26.2 Å². The molecule has 1 heteroatoms. The molecule has 1 N–H and O–H groups in total. The summed E-state index contributed by atoms with van der Waals surface area (Å²) >= 11 is 0. The number of rotatable bonds is 3. The van der Waals surface area contributed by atoms with Gasteiger partial charge >= 0.3 is 0 Å². The molecule has 2 aliphatic rings. The lowest BCUT2D eigenvalue weighted by atomic mass is 9.68. The highest BCUT2D eigenvalue weighted by Crippen LogP contribution is 2.42. The Balaban J connectivity index is 1.80. The fraction of sp³-hybridized carbons (Fsp3) is 1.00. The molecule has 0 amide bonds. The van der Waals surface area contributed by atoms with Crippen LogP contribution in [0.4, 0.5) is 0 Å². The lowest BCUT2D eigenvalue weighted by molar-refractivity contribution is 0.136. The molecule has 2 fully saturated rings. The Labute approximate surface area is 82.3 Å². The third-order valence-electron chi connectivity index (χ3n) is 3.91. The van der Waals surface area contributed by atoms with E-state index in [1.165, 1.54) is 38.6 Å². The average Bonchev–Trinajstić information content (AvgIpc) is 2.14. The van der Waals surface area contributed by atoms with Crippen LogP contribution >= 0.6 is 0 Å². The van der Waals surface area contributed by atoms with Crippen molar-refractivity contribution in [2.24, 2.45) is 17.8 Å². The number of hydrogen-bond acceptors (Lipinski definition) is 1. The fourth-order valence-electron chi connectivity index (χ4n) is 3.38. The molecule has 1 unspecified atom stereocenters. The highest BCUT2D eigenvalue weighted by molar-refractivity contribution is 4.83. The summed E-state index contributed by atoms with van der Waals surface area (Å²) in [5, 5.41) is 3.51. The first-order valence-corrected chi connectivity index (χ1v) is 6.09. The molecule has 2 saturated carbocycles. The summed E-state index contributed by atoms with van der Waals surface area (Å²) in [7, 11) is 0. The lowest BCUT2D eigenvalue weighted by Gasteiger charge is -2.39. The molecule has 2 aliphatic carbocycles. The Morgan fingerprint density at radius 3 is 2.38 bits per heavy atom. The van der Waals surface area contributed by atoms with Crippen molar-refractivity contribution in [3.05, 3.63) is 0 Å². The van der Waals surface area contributed by atoms with E-state index in [2.05, 4.69) is 12.2 Å². The molecule has 0 saturated heterocycles. The third kappa shape index (κ3) is 2.46. The average molecular weight is 181 g/mol. The topological polar surface area (TPSA) is 12.0 Å². The molecule has 3 atom stereocenters. The Morgan fingerprint density at radius 1 is 1.08 bits per heavy atom. The Bertz CT molecular complexity index is 143. The second-order valence-electron chi connectivity index (χ2n) is 5.04. The summed E-state index contributed by atoms with van der Waals surface area (Å²) < 4.78 is 0. The van der Waals surface area contributed by atoms with Gasteiger partial charge in [-0.25, -0.2) is 0 Å². The van der Waals surface area contributed by atoms with Crippen LogP contribution in [0.3, 0.4) is 0 Å². The molecule has 0 heterocycles. The van der Waals surface area contributed by atoms with E-state index in [9.17, 15) is 0 Å². The maximum atomic E-state index is 3.51. The van der Waals surface area contributed by atoms with Crippen LogP contribution in [-0.2, 0) is 0 Å². The predicted molar refractivity (Wildman–Crippen MR) is 56.7 cm³/mol. The third-order valence-corrected chi connectivity index (χ3v) is 3.91. The van der Waals surface area contributed by atoms with Crippen LogP contribution in [0.25, 0.3) is 0 Å². The van der Waals surface area contributed by atoms with Gasteiger partial charge in [-0.05, 0) is 50.1 Å². The van der Waals surface area contributed by atoms with E-state index in [-0.39, 0.29) is 0 Å². The maximum Gasteiger partial charge on any atom is -0.00204 e. The number of nitrogens with one attached hydrogen (secondary N) is 1. The number of fused-ring (bicyclic) bond motifs is 2. The predicted octanol–water partition coefficient (Wildman–Crippen LogP) is 2.81. The zero-order valence-electron chi connectivity index (χ0n) is 8.89. The largest absolute Gasteiger partial charge is 0.317 e. The first-order chi connectivity index (χ1) is 6.38. The van der Waals surface area contributed by atoms with E-state index in [0.717, 1.165) is 24.3 Å². The molecule has 0 radical (unpaired) electrons. The first kappa shape index (κ1) is 9.51. The van der Waals surface area contributed by atoms with Gasteiger partial charge in [0.2, 0.25) is 0 Å². The minimum atomic E-state index is 1.00. The van der Waals surface area contributed by atoms with Crippen molar-refractivity contribution in [2.75, 3.05) is 13.1 Å². The molecule has 0 aliphatic heterocycles. The van der Waals surface area contributed by atoms with Crippen LogP contribution in [0.2, 0.25) is 0 Å². The van der Waals surface area contributed by atoms with Crippen molar-refractivity contribution >= 4 is 0 Å². The molecule has 0 spiro atoms. The molecular formula is C12H23N. The van der Waals surface area contributed by atoms with Crippen LogP contribution in [0, 0.1) is 17.8 Å². The fourth-order valence-corrected chi connectivity index (χ4v) is 3.38. The first-order valence-electron chi connectivity index (χ1n) is 6.09. The molecule has 0 aromatic heterocycles. The van der Waals surface area contributed by atoms with Crippen LogP contribution in [0.1, 0.15) is 45.4 Å². The minimum absolute atomic E-state index is 1.00. The second-order valence-corrected chi connectivity index (χ2v) is 5.04. The molecule has 1 nitrogen and oxygen atoms in total. The summed E-state index contributed by atoms with van der Waals surface area (Å²) in [6, 6.07) is 0. The van der Waals surface area contributed by atoms with E-state index in [0.29, 0.717) is 0 Å². The van der Waals surface area contributed by atoms with Crippen molar-refractivity contribution in [3.8, 4) is 0 Å². The Hall–Kier alpha value is -0.0400. The van der Waals surface area contributed by atoms with Crippen molar-refractivity contribution < 1.29 is 0 Å². The van der Waals surface area contributed by atoms with Gasteiger partial charge in [0.05, 0.1) is 0 Å². The van der Waals surface area contributed by atoms with Gasteiger partial charge in [0, 0.05) is 0 Å². The van der Waals surface area contributed by atoms with E-state index < -0.39 is 0 Å². The highest BCUT2D eigenvalue weighted by Gasteiger charge is 2.31. The maximum absolute atomic E-state index is 3.51. The van der Waals surface area contributed by atoms with Crippen molar-refractivity contribution in [1.82, 2.24) is 5.32 Å². The van der Waals surface area contributed by atoms with Gasteiger partial charge in [-0.15, -0.1) is 0 Å². The van der Waals surface area contributed by atoms with Gasteiger partial charge < -0.3 is 5.32 Å². The van der Waals surface area contributed by atoms with Gasteiger partial charge in [0.25, 0.3) is 0 Å². The monoisotopic (exact) mass is 181 g/mol. The van der Waals surface area contributed by atoms with Crippen LogP contribution in [0.15, 0.2) is 0 Å². The van der Waals surface area contributed by atoms with Gasteiger partial charge in [0.15, 0.2) is 0 Å². The molecule has 76 valence electrons. The zero-order chi connectivity index (χ0) is 9.10. The molecular weight excluding hydrogens is 158 g/mol. The quantitative estimate of drug-likeness (QED) is 0.706. The summed E-state index contributed by atoms with van der Waals surface area (Å²) in [6.07, 6.45) is 9.16. The van der Waals surface area contributed by atoms with Gasteiger partial charge in [-0.2, -0.15) is 0 Å². The Morgan fingerprint density at radius 2 is 1.77 bits per heavy atom. The molecule has 13 heavy (non-hydrogen) atoms. The Kier molecular flexibility index (Phi) is 3.26. The van der Waals surface area contributed by atoms with E-state index in [1.807, 2.05) is 0 Å². The normalized spacial score (nSPS) is 39.0. The minimum Gasteiger partial charge on any atom is -0.317 e. The summed E-state index contributed by atoms with van der Waals surface area (Å²) in [6.45, 7) is 4.64. The molecule has 2 rings (SSSR count). The number of hydrogen-bond donors (Lipinski definition) is 1. The van der Waals surface area contributed by atoms with Gasteiger partial charge in [-0.3, -0.25) is 0 Å².